The Morgan fingerprint density at radius 1 is 1.23 bits per heavy atom. The molecule has 0 aliphatic carbocycles. The zero-order valence-electron chi connectivity index (χ0n) is 8.95. The Morgan fingerprint density at radius 2 is 1.85 bits per heavy atom. The molecule has 1 saturated heterocycles. The molecular weight excluding hydrogens is 166 g/mol. The first-order valence-corrected chi connectivity index (χ1v) is 5.08. The van der Waals surface area contributed by atoms with Gasteiger partial charge in [0.2, 0.25) is 0 Å². The highest BCUT2D eigenvalue weighted by Crippen LogP contribution is 2.21. The number of morpholine rings is 1. The Morgan fingerprint density at radius 3 is 2.31 bits per heavy atom. The fourth-order valence-corrected chi connectivity index (χ4v) is 1.85. The van der Waals surface area contributed by atoms with Gasteiger partial charge in [0.1, 0.15) is 6.23 Å². The number of aliphatic hydroxyl groups is 1. The minimum absolute atomic E-state index is 0.225. The van der Waals surface area contributed by atoms with Crippen LogP contribution in [-0.4, -0.2) is 30.1 Å². The molecule has 3 nitrogen and oxygen atoms in total. The fourth-order valence-electron chi connectivity index (χ4n) is 1.85. The first kappa shape index (κ1) is 11.0. The molecule has 1 aliphatic heterocycles. The minimum atomic E-state index is -0.498. The Bertz CT molecular complexity index is 159. The third kappa shape index (κ3) is 2.66. The van der Waals surface area contributed by atoms with Crippen molar-refractivity contribution in [3.05, 3.63) is 0 Å². The van der Waals surface area contributed by atoms with Crippen molar-refractivity contribution in [2.24, 2.45) is 11.8 Å². The molecule has 0 amide bonds. The molecule has 78 valence electrons. The van der Waals surface area contributed by atoms with Crippen LogP contribution < -0.4 is 5.32 Å². The lowest BCUT2D eigenvalue weighted by Gasteiger charge is -2.39. The standard InChI is InChI=1S/C10H21NO2/c1-6(2)9-10(7(3)4)13-5-8(12)11-9/h6-12H,5H2,1-4H3/t8-,9?,10?/m1/s1. The Hall–Kier alpha value is -0.120. The number of aliphatic hydroxyl groups excluding tert-OH is 1. The van der Waals surface area contributed by atoms with Gasteiger partial charge in [-0.3, -0.25) is 5.32 Å². The van der Waals surface area contributed by atoms with Gasteiger partial charge in [0.05, 0.1) is 12.7 Å². The van der Waals surface area contributed by atoms with Crippen LogP contribution in [0.2, 0.25) is 0 Å². The van der Waals surface area contributed by atoms with Crippen molar-refractivity contribution in [3.63, 3.8) is 0 Å². The van der Waals surface area contributed by atoms with Crippen molar-refractivity contribution in [1.82, 2.24) is 5.32 Å². The van der Waals surface area contributed by atoms with E-state index in [1.807, 2.05) is 0 Å². The van der Waals surface area contributed by atoms with Gasteiger partial charge in [0, 0.05) is 6.04 Å². The summed E-state index contributed by atoms with van der Waals surface area (Å²) < 4.78 is 5.61. The predicted molar refractivity (Wildman–Crippen MR) is 52.3 cm³/mol. The van der Waals surface area contributed by atoms with Gasteiger partial charge in [-0.25, -0.2) is 0 Å². The van der Waals surface area contributed by atoms with Crippen molar-refractivity contribution in [2.45, 2.75) is 46.1 Å². The monoisotopic (exact) mass is 187 g/mol. The van der Waals surface area contributed by atoms with Crippen LogP contribution in [0.4, 0.5) is 0 Å². The van der Waals surface area contributed by atoms with Gasteiger partial charge in [-0.15, -0.1) is 0 Å². The first-order chi connectivity index (χ1) is 6.02. The average Bonchev–Trinajstić information content (AvgIpc) is 2.03. The normalized spacial score (nSPS) is 35.8. The fraction of sp³-hybridized carbons (Fsp3) is 1.00. The van der Waals surface area contributed by atoms with Crippen LogP contribution in [0.5, 0.6) is 0 Å². The third-order valence-corrected chi connectivity index (χ3v) is 2.56. The van der Waals surface area contributed by atoms with Crippen molar-refractivity contribution < 1.29 is 9.84 Å². The molecule has 0 aromatic carbocycles. The van der Waals surface area contributed by atoms with E-state index in [-0.39, 0.29) is 12.1 Å². The summed E-state index contributed by atoms with van der Waals surface area (Å²) in [5.41, 5.74) is 0. The zero-order valence-corrected chi connectivity index (χ0v) is 8.95. The van der Waals surface area contributed by atoms with Gasteiger partial charge in [-0.2, -0.15) is 0 Å². The van der Waals surface area contributed by atoms with Gasteiger partial charge in [0.25, 0.3) is 0 Å². The van der Waals surface area contributed by atoms with E-state index in [2.05, 4.69) is 33.0 Å². The van der Waals surface area contributed by atoms with Gasteiger partial charge in [0.15, 0.2) is 0 Å². The highest BCUT2D eigenvalue weighted by Gasteiger charge is 2.33. The second kappa shape index (κ2) is 4.40. The quantitative estimate of drug-likeness (QED) is 0.677. The SMILES string of the molecule is CC(C)C1N[C@H](O)COC1C(C)C. The molecule has 0 radical (unpaired) electrons. The molecule has 0 spiro atoms. The summed E-state index contributed by atoms with van der Waals surface area (Å²) in [5, 5.41) is 12.6. The van der Waals surface area contributed by atoms with Gasteiger partial charge < -0.3 is 9.84 Å². The van der Waals surface area contributed by atoms with Crippen LogP contribution in [0.25, 0.3) is 0 Å². The zero-order chi connectivity index (χ0) is 10.0. The molecule has 1 heterocycles. The number of nitrogens with one attached hydrogen (secondary N) is 1. The van der Waals surface area contributed by atoms with Crippen molar-refractivity contribution in [3.8, 4) is 0 Å². The van der Waals surface area contributed by atoms with Gasteiger partial charge in [-0.05, 0) is 11.8 Å². The van der Waals surface area contributed by atoms with E-state index in [4.69, 9.17) is 4.74 Å². The molecule has 0 aromatic rings. The molecule has 2 N–H and O–H groups in total. The van der Waals surface area contributed by atoms with Crippen molar-refractivity contribution in [2.75, 3.05) is 6.61 Å². The number of hydrogen-bond acceptors (Lipinski definition) is 3. The molecule has 0 saturated carbocycles. The highest BCUT2D eigenvalue weighted by molar-refractivity contribution is 4.86. The van der Waals surface area contributed by atoms with E-state index in [0.29, 0.717) is 18.4 Å². The molecule has 1 fully saturated rings. The van der Waals surface area contributed by atoms with E-state index in [1.54, 1.807) is 0 Å². The summed E-state index contributed by atoms with van der Waals surface area (Å²) in [7, 11) is 0. The summed E-state index contributed by atoms with van der Waals surface area (Å²) in [5.74, 6) is 0.981. The van der Waals surface area contributed by atoms with E-state index < -0.39 is 6.23 Å². The molecule has 3 heteroatoms. The summed E-state index contributed by atoms with van der Waals surface area (Å²) >= 11 is 0. The van der Waals surface area contributed by atoms with Crippen LogP contribution in [0, 0.1) is 11.8 Å². The largest absolute Gasteiger partial charge is 0.376 e. The maximum atomic E-state index is 9.39. The number of rotatable bonds is 2. The van der Waals surface area contributed by atoms with Crippen LogP contribution >= 0.6 is 0 Å². The topological polar surface area (TPSA) is 41.5 Å². The molecule has 0 bridgehead atoms. The molecule has 0 aromatic heterocycles. The number of ether oxygens (including phenoxy) is 1. The van der Waals surface area contributed by atoms with E-state index in [1.165, 1.54) is 0 Å². The second-order valence-electron chi connectivity index (χ2n) is 4.49. The molecular formula is C10H21NO2. The molecule has 1 aliphatic rings. The van der Waals surface area contributed by atoms with Crippen molar-refractivity contribution in [1.29, 1.82) is 0 Å². The van der Waals surface area contributed by atoms with E-state index in [0.717, 1.165) is 0 Å². The first-order valence-electron chi connectivity index (χ1n) is 5.08. The predicted octanol–water partition coefficient (Wildman–Crippen LogP) is 0.974. The maximum Gasteiger partial charge on any atom is 0.128 e. The summed E-state index contributed by atoms with van der Waals surface area (Å²) in [6, 6.07) is 0.267. The van der Waals surface area contributed by atoms with Crippen LogP contribution in [0.1, 0.15) is 27.7 Å². The summed E-state index contributed by atoms with van der Waals surface area (Å²) in [6.07, 6.45) is -0.272. The molecule has 2 unspecified atom stereocenters. The van der Waals surface area contributed by atoms with E-state index >= 15 is 0 Å². The maximum absolute atomic E-state index is 9.39. The lowest BCUT2D eigenvalue weighted by molar-refractivity contribution is -0.112. The lowest BCUT2D eigenvalue weighted by atomic mass is 9.90. The summed E-state index contributed by atoms with van der Waals surface area (Å²) in [6.45, 7) is 9.01. The third-order valence-electron chi connectivity index (χ3n) is 2.56. The smallest absolute Gasteiger partial charge is 0.128 e. The van der Waals surface area contributed by atoms with Crippen LogP contribution in [-0.2, 0) is 4.74 Å². The molecule has 13 heavy (non-hydrogen) atoms. The van der Waals surface area contributed by atoms with Crippen LogP contribution in [0.15, 0.2) is 0 Å². The van der Waals surface area contributed by atoms with E-state index in [9.17, 15) is 5.11 Å². The van der Waals surface area contributed by atoms with Crippen LogP contribution in [0.3, 0.4) is 0 Å². The van der Waals surface area contributed by atoms with Gasteiger partial charge in [-0.1, -0.05) is 27.7 Å². The minimum Gasteiger partial charge on any atom is -0.376 e. The highest BCUT2D eigenvalue weighted by atomic mass is 16.5. The van der Waals surface area contributed by atoms with Crippen molar-refractivity contribution >= 4 is 0 Å². The summed E-state index contributed by atoms with van der Waals surface area (Å²) in [4.78, 5) is 0. The second-order valence-corrected chi connectivity index (χ2v) is 4.49. The lowest BCUT2D eigenvalue weighted by Crippen LogP contribution is -2.57. The molecule has 1 rings (SSSR count). The molecule has 3 atom stereocenters. The Labute approximate surface area is 80.5 Å². The average molecular weight is 187 g/mol. The van der Waals surface area contributed by atoms with Gasteiger partial charge >= 0.3 is 0 Å². The number of hydrogen-bond donors (Lipinski definition) is 2. The Balaban J connectivity index is 2.60. The Kier molecular flexibility index (Phi) is 3.71.